The van der Waals surface area contributed by atoms with Crippen molar-refractivity contribution >= 4 is 57.7 Å². The lowest BCUT2D eigenvalue weighted by Crippen LogP contribution is -2.30. The number of amides is 3. The van der Waals surface area contributed by atoms with E-state index in [4.69, 9.17) is 9.47 Å². The van der Waals surface area contributed by atoms with Crippen molar-refractivity contribution in [2.75, 3.05) is 17.4 Å². The lowest BCUT2D eigenvalue weighted by molar-refractivity contribution is -0.116. The van der Waals surface area contributed by atoms with Gasteiger partial charge < -0.3 is 25.4 Å². The van der Waals surface area contributed by atoms with E-state index >= 15 is 0 Å². The molecule has 0 saturated heterocycles. The molecule has 8 nitrogen and oxygen atoms in total. The summed E-state index contributed by atoms with van der Waals surface area (Å²) < 4.78 is 10.9. The van der Waals surface area contributed by atoms with Crippen LogP contribution in [-0.4, -0.2) is 24.5 Å². The second kappa shape index (κ2) is 14.8. The van der Waals surface area contributed by atoms with E-state index in [0.29, 0.717) is 28.4 Å². The van der Waals surface area contributed by atoms with E-state index in [0.717, 1.165) is 26.8 Å². The fourth-order valence-electron chi connectivity index (χ4n) is 5.54. The first-order chi connectivity index (χ1) is 24.5. The minimum atomic E-state index is -0.612. The molecule has 7 rings (SSSR count). The average Bonchev–Trinajstić information content (AvgIpc) is 3.62. The number of rotatable bonds is 10. The standard InChI is InChI=1S/C41H31N3O5S/c45-39(29-14-5-2-6-15-29)44-35(23-30-17-9-16-27-11-7-8-20-34(27)30)40(46)42-31-18-10-19-33(24-31)50-38(28-12-3-1-4-13-28)41(47)43-32-21-22-36-37(25-32)49-26-48-36/h1-25,38H,26H2,(H,42,46)(H,43,47)(H,44,45)/b35-23+. The quantitative estimate of drug-likeness (QED) is 0.0993. The van der Waals surface area contributed by atoms with E-state index in [1.165, 1.54) is 11.8 Å². The summed E-state index contributed by atoms with van der Waals surface area (Å²) >= 11 is 1.35. The van der Waals surface area contributed by atoms with Gasteiger partial charge in [-0.25, -0.2) is 0 Å². The Hall–Kier alpha value is -6.32. The Labute approximate surface area is 293 Å². The van der Waals surface area contributed by atoms with Crippen LogP contribution in [0.2, 0.25) is 0 Å². The number of fused-ring (bicyclic) bond motifs is 2. The molecule has 0 spiro atoms. The topological polar surface area (TPSA) is 106 Å². The summed E-state index contributed by atoms with van der Waals surface area (Å²) in [4.78, 5) is 41.6. The third-order valence-corrected chi connectivity index (χ3v) is 9.23. The van der Waals surface area contributed by atoms with Crippen LogP contribution in [0, 0.1) is 0 Å². The predicted octanol–water partition coefficient (Wildman–Crippen LogP) is 8.45. The minimum Gasteiger partial charge on any atom is -0.454 e. The molecule has 9 heteroatoms. The lowest BCUT2D eigenvalue weighted by atomic mass is 10.0. The molecule has 3 N–H and O–H groups in total. The summed E-state index contributed by atoms with van der Waals surface area (Å²) in [5, 5.41) is 10.1. The molecule has 0 aliphatic carbocycles. The van der Waals surface area contributed by atoms with Gasteiger partial charge in [-0.2, -0.15) is 0 Å². The van der Waals surface area contributed by atoms with E-state index in [1.807, 2.05) is 91.0 Å². The highest BCUT2D eigenvalue weighted by atomic mass is 32.2. The number of hydrogen-bond acceptors (Lipinski definition) is 6. The van der Waals surface area contributed by atoms with E-state index < -0.39 is 17.1 Å². The summed E-state index contributed by atoms with van der Waals surface area (Å²) in [6, 6.07) is 44.4. The molecular formula is C41H31N3O5S. The largest absolute Gasteiger partial charge is 0.454 e. The normalized spacial score (nSPS) is 12.6. The van der Waals surface area contributed by atoms with Gasteiger partial charge in [-0.15, -0.1) is 11.8 Å². The van der Waals surface area contributed by atoms with Crippen LogP contribution >= 0.6 is 11.8 Å². The molecule has 0 radical (unpaired) electrons. The smallest absolute Gasteiger partial charge is 0.272 e. The molecule has 50 heavy (non-hydrogen) atoms. The summed E-state index contributed by atoms with van der Waals surface area (Å²) in [5.41, 5.74) is 3.19. The van der Waals surface area contributed by atoms with Crippen molar-refractivity contribution in [2.24, 2.45) is 0 Å². The van der Waals surface area contributed by atoms with Crippen molar-refractivity contribution in [1.29, 1.82) is 0 Å². The number of nitrogens with one attached hydrogen (secondary N) is 3. The number of carbonyl (C=O) groups excluding carboxylic acids is 3. The zero-order valence-electron chi connectivity index (χ0n) is 26.7. The zero-order valence-corrected chi connectivity index (χ0v) is 27.5. The summed E-state index contributed by atoms with van der Waals surface area (Å²) in [7, 11) is 0. The molecule has 1 aliphatic rings. The average molecular weight is 678 g/mol. The van der Waals surface area contributed by atoms with Crippen LogP contribution in [0.3, 0.4) is 0 Å². The number of benzene rings is 6. The van der Waals surface area contributed by atoms with Crippen molar-refractivity contribution in [3.05, 3.63) is 168 Å². The first kappa shape index (κ1) is 32.2. The molecule has 1 unspecified atom stereocenters. The molecule has 1 aliphatic heterocycles. The first-order valence-electron chi connectivity index (χ1n) is 15.9. The second-order valence-electron chi connectivity index (χ2n) is 11.4. The number of ether oxygens (including phenoxy) is 2. The van der Waals surface area contributed by atoms with E-state index in [1.54, 1.807) is 60.7 Å². The highest BCUT2D eigenvalue weighted by molar-refractivity contribution is 8.00. The van der Waals surface area contributed by atoms with E-state index in [2.05, 4.69) is 16.0 Å². The van der Waals surface area contributed by atoms with Gasteiger partial charge in [-0.1, -0.05) is 97.1 Å². The van der Waals surface area contributed by atoms with Gasteiger partial charge in [0.05, 0.1) is 0 Å². The van der Waals surface area contributed by atoms with Crippen molar-refractivity contribution in [3.63, 3.8) is 0 Å². The Morgan fingerprint density at radius 2 is 1.36 bits per heavy atom. The minimum absolute atomic E-state index is 0.0820. The van der Waals surface area contributed by atoms with Crippen molar-refractivity contribution in [3.8, 4) is 11.5 Å². The Balaban J connectivity index is 1.14. The molecule has 6 aromatic carbocycles. The fraction of sp³-hybridized carbons (Fsp3) is 0.0488. The maximum atomic E-state index is 13.9. The van der Waals surface area contributed by atoms with Gasteiger partial charge in [0.15, 0.2) is 11.5 Å². The zero-order chi connectivity index (χ0) is 34.3. The van der Waals surface area contributed by atoms with Crippen LogP contribution in [0.5, 0.6) is 11.5 Å². The van der Waals surface area contributed by atoms with Gasteiger partial charge in [0.1, 0.15) is 10.9 Å². The summed E-state index contributed by atoms with van der Waals surface area (Å²) in [6.45, 7) is 0.141. The lowest BCUT2D eigenvalue weighted by Gasteiger charge is -2.18. The maximum absolute atomic E-state index is 13.9. The van der Waals surface area contributed by atoms with Crippen LogP contribution < -0.4 is 25.4 Å². The van der Waals surface area contributed by atoms with Gasteiger partial charge in [0.25, 0.3) is 11.8 Å². The van der Waals surface area contributed by atoms with Crippen LogP contribution in [-0.2, 0) is 9.59 Å². The SMILES string of the molecule is O=C(Nc1cccc(SC(C(=O)Nc2ccc3c(c2)OCO3)c2ccccc2)c1)/C(=C\c1cccc2ccccc12)NC(=O)c1ccccc1. The number of anilines is 2. The van der Waals surface area contributed by atoms with Gasteiger partial charge in [-0.3, -0.25) is 14.4 Å². The molecule has 1 atom stereocenters. The van der Waals surface area contributed by atoms with Crippen LogP contribution in [0.25, 0.3) is 16.8 Å². The Morgan fingerprint density at radius 1 is 0.660 bits per heavy atom. The van der Waals surface area contributed by atoms with Crippen LogP contribution in [0.15, 0.2) is 156 Å². The molecule has 0 aromatic heterocycles. The predicted molar refractivity (Wildman–Crippen MR) is 197 cm³/mol. The number of thioether (sulfide) groups is 1. The molecule has 0 bridgehead atoms. The van der Waals surface area contributed by atoms with E-state index in [9.17, 15) is 14.4 Å². The maximum Gasteiger partial charge on any atom is 0.272 e. The van der Waals surface area contributed by atoms with Crippen LogP contribution in [0.4, 0.5) is 11.4 Å². The Bertz CT molecular complexity index is 2220. The van der Waals surface area contributed by atoms with Crippen LogP contribution in [0.1, 0.15) is 26.7 Å². The number of carbonyl (C=O) groups is 3. The summed E-state index contributed by atoms with van der Waals surface area (Å²) in [6.07, 6.45) is 1.68. The first-order valence-corrected chi connectivity index (χ1v) is 16.8. The third kappa shape index (κ3) is 7.53. The molecule has 6 aromatic rings. The van der Waals surface area contributed by atoms with Crippen molar-refractivity contribution < 1.29 is 23.9 Å². The van der Waals surface area contributed by atoms with Gasteiger partial charge in [-0.05, 0) is 70.4 Å². The Morgan fingerprint density at radius 3 is 2.20 bits per heavy atom. The van der Waals surface area contributed by atoms with Crippen molar-refractivity contribution in [2.45, 2.75) is 10.1 Å². The monoisotopic (exact) mass is 677 g/mol. The fourth-order valence-corrected chi connectivity index (χ4v) is 6.62. The third-order valence-electron chi connectivity index (χ3n) is 7.98. The molecule has 0 saturated carbocycles. The second-order valence-corrected chi connectivity index (χ2v) is 12.6. The molecular weight excluding hydrogens is 647 g/mol. The molecule has 246 valence electrons. The molecule has 1 heterocycles. The van der Waals surface area contributed by atoms with Gasteiger partial charge >= 0.3 is 0 Å². The van der Waals surface area contributed by atoms with E-state index in [-0.39, 0.29) is 18.4 Å². The Kier molecular flexibility index (Phi) is 9.57. The van der Waals surface area contributed by atoms with Gasteiger partial charge in [0, 0.05) is 27.9 Å². The summed E-state index contributed by atoms with van der Waals surface area (Å²) in [5.74, 6) is 0.0771. The van der Waals surface area contributed by atoms with Gasteiger partial charge in [0.2, 0.25) is 12.7 Å². The van der Waals surface area contributed by atoms with Crippen molar-refractivity contribution in [1.82, 2.24) is 5.32 Å². The molecule has 3 amide bonds. The highest BCUT2D eigenvalue weighted by Crippen LogP contribution is 2.39. The molecule has 0 fully saturated rings. The highest BCUT2D eigenvalue weighted by Gasteiger charge is 2.24. The number of hydrogen-bond donors (Lipinski definition) is 3.